The monoisotopic (exact) mass is 344 g/mol. The molecule has 0 bridgehead atoms. The Morgan fingerprint density at radius 1 is 1.16 bits per heavy atom. The summed E-state index contributed by atoms with van der Waals surface area (Å²) in [6.45, 7) is 6.09. The minimum absolute atomic E-state index is 0.126. The third kappa shape index (κ3) is 4.74. The van der Waals surface area contributed by atoms with Crippen molar-refractivity contribution in [2.24, 2.45) is 0 Å². The first-order chi connectivity index (χ1) is 11.8. The van der Waals surface area contributed by atoms with Crippen LogP contribution in [0.25, 0.3) is 0 Å². The number of rotatable bonds is 3. The maximum Gasteiger partial charge on any atom is 0.410 e. The van der Waals surface area contributed by atoms with Crippen LogP contribution in [0.1, 0.15) is 64.4 Å². The Bertz CT molecular complexity index is 647. The Kier molecular flexibility index (Phi) is 5.02. The van der Waals surface area contributed by atoms with Gasteiger partial charge in [-0.15, -0.1) is 0 Å². The van der Waals surface area contributed by atoms with Crippen LogP contribution in [0.3, 0.4) is 0 Å². The van der Waals surface area contributed by atoms with Gasteiger partial charge in [-0.1, -0.05) is 12.1 Å². The van der Waals surface area contributed by atoms with Gasteiger partial charge in [0.2, 0.25) is 5.91 Å². The lowest BCUT2D eigenvalue weighted by atomic mass is 10.0. The predicted molar refractivity (Wildman–Crippen MR) is 97.6 cm³/mol. The average molecular weight is 344 g/mol. The lowest BCUT2D eigenvalue weighted by Gasteiger charge is -2.35. The second-order valence-corrected chi connectivity index (χ2v) is 8.07. The van der Waals surface area contributed by atoms with Gasteiger partial charge >= 0.3 is 6.09 Å². The molecule has 1 aliphatic carbocycles. The van der Waals surface area contributed by atoms with Crippen molar-refractivity contribution >= 4 is 17.7 Å². The Hall–Kier alpha value is -2.04. The molecule has 0 aromatic heterocycles. The Labute approximate surface area is 149 Å². The van der Waals surface area contributed by atoms with Gasteiger partial charge in [0.1, 0.15) is 11.6 Å². The second-order valence-electron chi connectivity index (χ2n) is 8.07. The highest BCUT2D eigenvalue weighted by atomic mass is 16.6. The molecule has 3 rings (SSSR count). The standard InChI is InChI=1S/C20H28N2O3/c1-20(2,3)25-19(24)22-12-5-4-9-17(22)18(23)21-16-8-6-7-15(13-16)14-10-11-14/h6-8,13-14,17H,4-5,9-12H2,1-3H3,(H,21,23)/t17-/m1/s1. The number of nitrogens with one attached hydrogen (secondary N) is 1. The minimum atomic E-state index is -0.561. The Balaban J connectivity index is 1.68. The highest BCUT2D eigenvalue weighted by Crippen LogP contribution is 2.40. The molecule has 1 saturated heterocycles. The fourth-order valence-electron chi connectivity index (χ4n) is 3.26. The number of carbonyl (C=O) groups excluding carboxylic acids is 2. The van der Waals surface area contributed by atoms with E-state index in [4.69, 9.17) is 4.74 Å². The van der Waals surface area contributed by atoms with Crippen molar-refractivity contribution < 1.29 is 14.3 Å². The smallest absolute Gasteiger partial charge is 0.410 e. The molecule has 2 fully saturated rings. The summed E-state index contributed by atoms with van der Waals surface area (Å²) in [4.78, 5) is 26.8. The maximum atomic E-state index is 12.8. The fourth-order valence-corrected chi connectivity index (χ4v) is 3.26. The molecule has 1 aliphatic heterocycles. The molecule has 25 heavy (non-hydrogen) atoms. The molecule has 0 unspecified atom stereocenters. The number of amides is 2. The average Bonchev–Trinajstić information content (AvgIpc) is 3.38. The highest BCUT2D eigenvalue weighted by Gasteiger charge is 2.35. The minimum Gasteiger partial charge on any atom is -0.444 e. The summed E-state index contributed by atoms with van der Waals surface area (Å²) >= 11 is 0. The number of hydrogen-bond donors (Lipinski definition) is 1. The molecular formula is C20H28N2O3. The van der Waals surface area contributed by atoms with Crippen LogP contribution < -0.4 is 5.32 Å². The molecule has 2 amide bonds. The molecule has 1 aromatic carbocycles. The summed E-state index contributed by atoms with van der Waals surface area (Å²) < 4.78 is 5.47. The van der Waals surface area contributed by atoms with Gasteiger partial charge in [0.25, 0.3) is 0 Å². The lowest BCUT2D eigenvalue weighted by Crippen LogP contribution is -2.51. The van der Waals surface area contributed by atoms with Crippen molar-refractivity contribution in [1.29, 1.82) is 0 Å². The van der Waals surface area contributed by atoms with Crippen molar-refractivity contribution in [3.05, 3.63) is 29.8 Å². The van der Waals surface area contributed by atoms with E-state index in [-0.39, 0.29) is 5.91 Å². The van der Waals surface area contributed by atoms with Crippen molar-refractivity contribution in [3.63, 3.8) is 0 Å². The van der Waals surface area contributed by atoms with Gasteiger partial charge in [-0.2, -0.15) is 0 Å². The fraction of sp³-hybridized carbons (Fsp3) is 0.600. The van der Waals surface area contributed by atoms with Crippen molar-refractivity contribution in [2.75, 3.05) is 11.9 Å². The van der Waals surface area contributed by atoms with Gasteiger partial charge in [-0.3, -0.25) is 9.69 Å². The SMILES string of the molecule is CC(C)(C)OC(=O)N1CCCC[C@@H]1C(=O)Nc1cccc(C2CC2)c1. The zero-order chi connectivity index (χ0) is 18.0. The topological polar surface area (TPSA) is 58.6 Å². The molecule has 2 aliphatic rings. The molecule has 1 saturated carbocycles. The van der Waals surface area contributed by atoms with E-state index in [1.807, 2.05) is 32.9 Å². The highest BCUT2D eigenvalue weighted by molar-refractivity contribution is 5.96. The summed E-state index contributed by atoms with van der Waals surface area (Å²) in [6, 6.07) is 7.59. The van der Waals surface area contributed by atoms with Crippen molar-refractivity contribution in [1.82, 2.24) is 4.90 Å². The maximum absolute atomic E-state index is 12.8. The first kappa shape index (κ1) is 17.8. The molecule has 1 N–H and O–H groups in total. The van der Waals surface area contributed by atoms with E-state index in [0.29, 0.717) is 18.9 Å². The van der Waals surface area contributed by atoms with Gasteiger partial charge < -0.3 is 10.1 Å². The summed E-state index contributed by atoms with van der Waals surface area (Å²) in [5.41, 5.74) is 1.53. The van der Waals surface area contributed by atoms with Crippen molar-refractivity contribution in [3.8, 4) is 0 Å². The van der Waals surface area contributed by atoms with E-state index in [1.54, 1.807) is 4.90 Å². The van der Waals surface area contributed by atoms with Crippen molar-refractivity contribution in [2.45, 2.75) is 70.4 Å². The molecular weight excluding hydrogens is 316 g/mol. The number of benzene rings is 1. The Morgan fingerprint density at radius 3 is 2.60 bits per heavy atom. The van der Waals surface area contributed by atoms with Gasteiger partial charge in [0.15, 0.2) is 0 Å². The summed E-state index contributed by atoms with van der Waals surface area (Å²) in [5, 5.41) is 2.99. The third-order valence-electron chi connectivity index (χ3n) is 4.64. The number of piperidine rings is 1. The molecule has 5 nitrogen and oxygen atoms in total. The van der Waals surface area contributed by atoms with Crippen LogP contribution in [0.15, 0.2) is 24.3 Å². The normalized spacial score (nSPS) is 20.9. The van der Waals surface area contributed by atoms with Crippen LogP contribution in [-0.2, 0) is 9.53 Å². The quantitative estimate of drug-likeness (QED) is 0.890. The lowest BCUT2D eigenvalue weighted by molar-refractivity contribution is -0.122. The molecule has 136 valence electrons. The first-order valence-electron chi connectivity index (χ1n) is 9.24. The van der Waals surface area contributed by atoms with Crippen LogP contribution in [0, 0.1) is 0 Å². The van der Waals surface area contributed by atoms with E-state index < -0.39 is 17.7 Å². The first-order valence-corrected chi connectivity index (χ1v) is 9.24. The van der Waals surface area contributed by atoms with E-state index in [9.17, 15) is 9.59 Å². The van der Waals surface area contributed by atoms with E-state index >= 15 is 0 Å². The van der Waals surface area contributed by atoms with Gasteiger partial charge in [0, 0.05) is 12.2 Å². The van der Waals surface area contributed by atoms with E-state index in [2.05, 4.69) is 17.4 Å². The summed E-state index contributed by atoms with van der Waals surface area (Å²) in [7, 11) is 0. The van der Waals surface area contributed by atoms with E-state index in [0.717, 1.165) is 18.5 Å². The zero-order valence-electron chi connectivity index (χ0n) is 15.4. The Morgan fingerprint density at radius 2 is 1.92 bits per heavy atom. The zero-order valence-corrected chi connectivity index (χ0v) is 15.4. The van der Waals surface area contributed by atoms with Gasteiger partial charge in [0.05, 0.1) is 0 Å². The largest absolute Gasteiger partial charge is 0.444 e. The van der Waals surface area contributed by atoms with Crippen LogP contribution in [0.2, 0.25) is 0 Å². The van der Waals surface area contributed by atoms with Crippen LogP contribution in [0.5, 0.6) is 0 Å². The molecule has 5 heteroatoms. The molecule has 1 heterocycles. The summed E-state index contributed by atoms with van der Waals surface area (Å²) in [6.07, 6.45) is 4.57. The molecule has 1 atom stereocenters. The molecule has 0 spiro atoms. The van der Waals surface area contributed by atoms with Gasteiger partial charge in [-0.05, 0) is 76.5 Å². The van der Waals surface area contributed by atoms with Crippen LogP contribution >= 0.6 is 0 Å². The number of ether oxygens (including phenoxy) is 1. The molecule has 1 aromatic rings. The summed E-state index contributed by atoms with van der Waals surface area (Å²) in [5.74, 6) is 0.517. The van der Waals surface area contributed by atoms with Crippen LogP contribution in [0.4, 0.5) is 10.5 Å². The predicted octanol–water partition coefficient (Wildman–Crippen LogP) is 4.29. The van der Waals surface area contributed by atoms with E-state index in [1.165, 1.54) is 18.4 Å². The second kappa shape index (κ2) is 7.06. The number of likely N-dealkylation sites (tertiary alicyclic amines) is 1. The number of anilines is 1. The van der Waals surface area contributed by atoms with Gasteiger partial charge in [-0.25, -0.2) is 4.79 Å². The van der Waals surface area contributed by atoms with Crippen LogP contribution in [-0.4, -0.2) is 35.1 Å². The molecule has 0 radical (unpaired) electrons. The number of nitrogens with zero attached hydrogens (tertiary/aromatic N) is 1. The number of hydrogen-bond acceptors (Lipinski definition) is 3. The third-order valence-corrected chi connectivity index (χ3v) is 4.64. The number of carbonyl (C=O) groups is 2.